The fourth-order valence-electron chi connectivity index (χ4n) is 3.05. The van der Waals surface area contributed by atoms with E-state index in [4.69, 9.17) is 10.4 Å². The first-order valence-electron chi connectivity index (χ1n) is 7.06. The molecule has 3 rings (SSSR count). The van der Waals surface area contributed by atoms with Crippen LogP contribution in [0.2, 0.25) is 0 Å². The lowest BCUT2D eigenvalue weighted by Crippen LogP contribution is -2.61. The second-order valence-corrected chi connectivity index (χ2v) is 5.55. The highest BCUT2D eigenvalue weighted by Crippen LogP contribution is 2.26. The number of hydrogen-bond donors (Lipinski definition) is 3. The van der Waals surface area contributed by atoms with Crippen molar-refractivity contribution in [2.75, 3.05) is 11.8 Å². The molecule has 2 fully saturated rings. The molecule has 0 radical (unpaired) electrons. The minimum Gasteiger partial charge on any atom is -0.871 e. The lowest BCUT2D eigenvalue weighted by atomic mass is 10.0. The van der Waals surface area contributed by atoms with Crippen molar-refractivity contribution in [2.45, 2.75) is 31.3 Å². The third-order valence-corrected chi connectivity index (χ3v) is 4.13. The number of nitrogens with zero attached hydrogens (tertiary/aromatic N) is 2. The number of carbonyl (C=O) groups excluding carboxylic acids is 2. The molecule has 1 aromatic carbocycles. The lowest BCUT2D eigenvalue weighted by molar-refractivity contribution is -0.268. The predicted octanol–water partition coefficient (Wildman–Crippen LogP) is -0.623. The fourth-order valence-corrected chi connectivity index (χ4v) is 3.05. The van der Waals surface area contributed by atoms with Crippen molar-refractivity contribution < 1.29 is 25.1 Å². The van der Waals surface area contributed by atoms with Gasteiger partial charge in [-0.25, -0.2) is 0 Å². The third kappa shape index (κ3) is 2.46. The van der Waals surface area contributed by atoms with Crippen LogP contribution in [0.1, 0.15) is 18.4 Å². The summed E-state index contributed by atoms with van der Waals surface area (Å²) in [7, 11) is 0. The molecule has 1 aromatic rings. The van der Waals surface area contributed by atoms with Gasteiger partial charge in [0.15, 0.2) is 0 Å². The molecule has 0 saturated carbocycles. The van der Waals surface area contributed by atoms with E-state index in [2.05, 4.69) is 5.32 Å². The maximum absolute atomic E-state index is 12.4. The highest BCUT2D eigenvalue weighted by atomic mass is 16.8. The smallest absolute Gasteiger partial charge is 0.246 e. The van der Waals surface area contributed by atoms with Gasteiger partial charge in [-0.3, -0.25) is 20.0 Å². The standard InChI is InChI=1S/C14H17N3O5/c18-12-4-3-8(7-11(12)17(21)22)6-9-14(20)16-5-1-2-10(16)13(19)15-9/h3-4,7,9-10,18,21-22H,1-2,5-6H2,(H,15,19)/p-1/t9-,10-/m0/s1. The van der Waals surface area contributed by atoms with E-state index in [0.29, 0.717) is 18.5 Å². The molecule has 3 N–H and O–H groups in total. The summed E-state index contributed by atoms with van der Waals surface area (Å²) in [6.07, 6.45) is 1.69. The van der Waals surface area contributed by atoms with Crippen molar-refractivity contribution >= 4 is 17.5 Å². The average Bonchev–Trinajstić information content (AvgIpc) is 2.96. The zero-order valence-corrected chi connectivity index (χ0v) is 11.7. The Bertz CT molecular complexity index is 618. The summed E-state index contributed by atoms with van der Waals surface area (Å²) in [6, 6.07) is 2.92. The molecule has 2 heterocycles. The Labute approximate surface area is 126 Å². The first kappa shape index (κ1) is 14.6. The summed E-state index contributed by atoms with van der Waals surface area (Å²) in [5, 5.41) is 31.9. The van der Waals surface area contributed by atoms with E-state index in [9.17, 15) is 14.7 Å². The number of rotatable bonds is 3. The predicted molar refractivity (Wildman–Crippen MR) is 72.3 cm³/mol. The summed E-state index contributed by atoms with van der Waals surface area (Å²) >= 11 is 0. The maximum Gasteiger partial charge on any atom is 0.246 e. The molecule has 2 aliphatic rings. The minimum absolute atomic E-state index is 0.139. The molecule has 118 valence electrons. The van der Waals surface area contributed by atoms with Gasteiger partial charge in [0, 0.05) is 13.0 Å². The van der Waals surface area contributed by atoms with E-state index >= 15 is 0 Å². The highest BCUT2D eigenvalue weighted by Gasteiger charge is 2.42. The highest BCUT2D eigenvalue weighted by molar-refractivity contribution is 5.97. The molecule has 0 bridgehead atoms. The lowest BCUT2D eigenvalue weighted by Gasteiger charge is -2.34. The Morgan fingerprint density at radius 3 is 2.86 bits per heavy atom. The Hall–Kier alpha value is -2.32. The number of amides is 2. The molecule has 0 spiro atoms. The number of nitrogens with one attached hydrogen (secondary N) is 1. The van der Waals surface area contributed by atoms with Gasteiger partial charge in [-0.1, -0.05) is 17.9 Å². The van der Waals surface area contributed by atoms with E-state index < -0.39 is 11.8 Å². The van der Waals surface area contributed by atoms with E-state index in [0.717, 1.165) is 6.42 Å². The SMILES string of the molecule is O=C1N[C@@H](Cc2ccc([O-])c(N(O)O)c2)C(=O)N2CCC[C@@H]12. The number of fused-ring (bicyclic) bond motifs is 1. The largest absolute Gasteiger partial charge is 0.871 e. The van der Waals surface area contributed by atoms with Crippen LogP contribution >= 0.6 is 0 Å². The van der Waals surface area contributed by atoms with E-state index in [-0.39, 0.29) is 35.2 Å². The Kier molecular flexibility index (Phi) is 3.63. The normalized spacial score (nSPS) is 24.2. The topological polar surface area (TPSA) is 116 Å². The minimum atomic E-state index is -0.696. The van der Waals surface area contributed by atoms with Crippen molar-refractivity contribution in [2.24, 2.45) is 0 Å². The van der Waals surface area contributed by atoms with Crippen molar-refractivity contribution in [3.63, 3.8) is 0 Å². The van der Waals surface area contributed by atoms with Crippen LogP contribution in [0.3, 0.4) is 0 Å². The number of hydrogen-bond acceptors (Lipinski definition) is 6. The summed E-state index contributed by atoms with van der Waals surface area (Å²) < 4.78 is 0. The monoisotopic (exact) mass is 306 g/mol. The van der Waals surface area contributed by atoms with Gasteiger partial charge in [0.05, 0.1) is 5.69 Å². The van der Waals surface area contributed by atoms with Crippen LogP contribution < -0.4 is 15.6 Å². The number of anilines is 1. The third-order valence-electron chi connectivity index (χ3n) is 4.13. The quantitative estimate of drug-likeness (QED) is 0.641. The summed E-state index contributed by atoms with van der Waals surface area (Å²) in [5.74, 6) is -0.847. The Balaban J connectivity index is 1.79. The average molecular weight is 306 g/mol. The number of carbonyl (C=O) groups is 2. The molecular formula is C14H16N3O5-. The van der Waals surface area contributed by atoms with Gasteiger partial charge in [0.1, 0.15) is 12.1 Å². The van der Waals surface area contributed by atoms with E-state index in [1.54, 1.807) is 4.90 Å². The molecule has 0 unspecified atom stereocenters. The van der Waals surface area contributed by atoms with Crippen LogP contribution in [-0.4, -0.2) is 45.8 Å². The maximum atomic E-state index is 12.4. The van der Waals surface area contributed by atoms with Gasteiger partial charge in [-0.15, -0.1) is 5.23 Å². The summed E-state index contributed by atoms with van der Waals surface area (Å²) in [6.45, 7) is 0.583. The molecule has 2 saturated heterocycles. The second kappa shape index (κ2) is 5.47. The summed E-state index contributed by atoms with van der Waals surface area (Å²) in [5.41, 5.74) is 0.255. The molecule has 2 amide bonds. The molecule has 8 heteroatoms. The van der Waals surface area contributed by atoms with Crippen LogP contribution in [0.15, 0.2) is 18.2 Å². The first-order chi connectivity index (χ1) is 10.5. The molecule has 2 aliphatic heterocycles. The van der Waals surface area contributed by atoms with Crippen LogP contribution in [-0.2, 0) is 16.0 Å². The van der Waals surface area contributed by atoms with Gasteiger partial charge in [0.25, 0.3) is 0 Å². The zero-order chi connectivity index (χ0) is 15.9. The molecule has 22 heavy (non-hydrogen) atoms. The van der Waals surface area contributed by atoms with Gasteiger partial charge in [-0.05, 0) is 24.5 Å². The van der Waals surface area contributed by atoms with Crippen molar-refractivity contribution in [1.29, 1.82) is 0 Å². The van der Waals surface area contributed by atoms with Gasteiger partial charge in [-0.2, -0.15) is 0 Å². The van der Waals surface area contributed by atoms with Crippen molar-refractivity contribution in [1.82, 2.24) is 10.2 Å². The molecule has 0 aromatic heterocycles. The molecular weight excluding hydrogens is 290 g/mol. The molecule has 8 nitrogen and oxygen atoms in total. The first-order valence-corrected chi connectivity index (χ1v) is 7.06. The number of benzene rings is 1. The van der Waals surface area contributed by atoms with Crippen molar-refractivity contribution in [3.05, 3.63) is 23.8 Å². The second-order valence-electron chi connectivity index (χ2n) is 5.55. The fraction of sp³-hybridized carbons (Fsp3) is 0.429. The van der Waals surface area contributed by atoms with Gasteiger partial charge >= 0.3 is 0 Å². The Morgan fingerprint density at radius 2 is 2.14 bits per heavy atom. The van der Waals surface area contributed by atoms with Crippen LogP contribution in [0.4, 0.5) is 5.69 Å². The van der Waals surface area contributed by atoms with Gasteiger partial charge < -0.3 is 15.3 Å². The van der Waals surface area contributed by atoms with Crippen molar-refractivity contribution in [3.8, 4) is 5.75 Å². The molecule has 0 aliphatic carbocycles. The van der Waals surface area contributed by atoms with Crippen LogP contribution in [0.25, 0.3) is 0 Å². The van der Waals surface area contributed by atoms with E-state index in [1.165, 1.54) is 18.2 Å². The van der Waals surface area contributed by atoms with E-state index in [1.807, 2.05) is 0 Å². The number of piperazine rings is 1. The molecule has 2 atom stereocenters. The van der Waals surface area contributed by atoms with Gasteiger partial charge in [0.2, 0.25) is 11.8 Å². The zero-order valence-electron chi connectivity index (χ0n) is 11.7. The van der Waals surface area contributed by atoms with Crippen LogP contribution in [0, 0.1) is 0 Å². The summed E-state index contributed by atoms with van der Waals surface area (Å²) in [4.78, 5) is 26.0. The Morgan fingerprint density at radius 1 is 1.36 bits per heavy atom. The van der Waals surface area contributed by atoms with Crippen LogP contribution in [0.5, 0.6) is 5.75 Å².